The molecule has 0 radical (unpaired) electrons. The minimum Gasteiger partial charge on any atom is -0.372 e. The SMILES string of the molecule is CNc1nc(=O)n(-c2c(F)cccc2Cl)c2nc(C(F)(F)F)ccc12. The molecule has 10 heteroatoms. The Hall–Kier alpha value is -2.68. The maximum Gasteiger partial charge on any atom is 0.433 e. The lowest BCUT2D eigenvalue weighted by atomic mass is 10.2. The van der Waals surface area contributed by atoms with Crippen LogP contribution in [0.25, 0.3) is 16.7 Å². The molecule has 0 unspecified atom stereocenters. The molecule has 0 saturated heterocycles. The summed E-state index contributed by atoms with van der Waals surface area (Å²) in [5.74, 6) is -0.876. The second kappa shape index (κ2) is 5.99. The third-order valence-corrected chi connectivity index (χ3v) is 3.73. The number of hydrogen-bond donors (Lipinski definition) is 1. The molecule has 0 aliphatic rings. The van der Waals surface area contributed by atoms with E-state index >= 15 is 0 Å². The molecule has 0 saturated carbocycles. The first kappa shape index (κ1) is 17.2. The Labute approximate surface area is 142 Å². The third kappa shape index (κ3) is 2.91. The number of nitrogens with zero attached hydrogens (tertiary/aromatic N) is 3. The monoisotopic (exact) mass is 372 g/mol. The Balaban J connectivity index is 2.50. The number of alkyl halides is 3. The van der Waals surface area contributed by atoms with Gasteiger partial charge in [-0.2, -0.15) is 18.2 Å². The van der Waals surface area contributed by atoms with E-state index in [9.17, 15) is 22.4 Å². The van der Waals surface area contributed by atoms with E-state index in [1.54, 1.807) is 0 Å². The first-order valence-electron chi connectivity index (χ1n) is 6.87. The molecule has 130 valence electrons. The molecule has 0 aliphatic heterocycles. The number of rotatable bonds is 2. The van der Waals surface area contributed by atoms with Gasteiger partial charge in [-0.05, 0) is 24.3 Å². The summed E-state index contributed by atoms with van der Waals surface area (Å²) >= 11 is 5.95. The first-order chi connectivity index (χ1) is 11.7. The molecule has 3 aromatic rings. The van der Waals surface area contributed by atoms with Crippen LogP contribution in [0.2, 0.25) is 5.02 Å². The summed E-state index contributed by atoms with van der Waals surface area (Å²) in [5, 5.41) is 2.55. The normalized spacial score (nSPS) is 11.8. The predicted octanol–water partition coefficient (Wildman–Crippen LogP) is 3.63. The van der Waals surface area contributed by atoms with Crippen molar-refractivity contribution in [2.75, 3.05) is 12.4 Å². The maximum atomic E-state index is 14.2. The molecule has 0 spiro atoms. The maximum absolute atomic E-state index is 14.2. The fourth-order valence-electron chi connectivity index (χ4n) is 2.35. The largest absolute Gasteiger partial charge is 0.433 e. The van der Waals surface area contributed by atoms with Crippen LogP contribution < -0.4 is 11.0 Å². The standard InChI is InChI=1S/C15H9ClF4N4O/c1-21-12-7-5-6-10(15(18,19)20)22-13(7)24(14(25)23-12)11-8(16)3-2-4-9(11)17/h2-6H,1H3,(H,21,23,25). The van der Waals surface area contributed by atoms with Crippen molar-refractivity contribution in [2.45, 2.75) is 6.18 Å². The van der Waals surface area contributed by atoms with E-state index in [1.807, 2.05) is 0 Å². The molecule has 0 atom stereocenters. The van der Waals surface area contributed by atoms with Crippen LogP contribution in [0.5, 0.6) is 0 Å². The van der Waals surface area contributed by atoms with Gasteiger partial charge in [0.25, 0.3) is 0 Å². The van der Waals surface area contributed by atoms with Crippen molar-refractivity contribution in [3.63, 3.8) is 0 Å². The highest BCUT2D eigenvalue weighted by molar-refractivity contribution is 6.32. The second-order valence-electron chi connectivity index (χ2n) is 4.96. The van der Waals surface area contributed by atoms with Crippen LogP contribution in [0.1, 0.15) is 5.69 Å². The summed E-state index contributed by atoms with van der Waals surface area (Å²) in [6, 6.07) is 5.49. The van der Waals surface area contributed by atoms with Crippen molar-refractivity contribution in [1.29, 1.82) is 0 Å². The van der Waals surface area contributed by atoms with Crippen molar-refractivity contribution < 1.29 is 17.6 Å². The van der Waals surface area contributed by atoms with Crippen molar-refractivity contribution in [1.82, 2.24) is 14.5 Å². The summed E-state index contributed by atoms with van der Waals surface area (Å²) in [6.45, 7) is 0. The molecule has 0 fully saturated rings. The number of aromatic nitrogens is 3. The highest BCUT2D eigenvalue weighted by Gasteiger charge is 2.33. The van der Waals surface area contributed by atoms with E-state index in [-0.39, 0.29) is 16.2 Å². The molecule has 1 N–H and O–H groups in total. The van der Waals surface area contributed by atoms with Gasteiger partial charge in [0.2, 0.25) is 0 Å². The van der Waals surface area contributed by atoms with Gasteiger partial charge in [-0.3, -0.25) is 0 Å². The number of fused-ring (bicyclic) bond motifs is 1. The van der Waals surface area contributed by atoms with Gasteiger partial charge >= 0.3 is 11.9 Å². The summed E-state index contributed by atoms with van der Waals surface area (Å²) in [4.78, 5) is 19.6. The number of anilines is 1. The van der Waals surface area contributed by atoms with Crippen LogP contribution in [-0.4, -0.2) is 21.6 Å². The van der Waals surface area contributed by atoms with E-state index in [0.29, 0.717) is 4.57 Å². The van der Waals surface area contributed by atoms with Crippen molar-refractivity contribution in [3.8, 4) is 5.69 Å². The molecule has 25 heavy (non-hydrogen) atoms. The van der Waals surface area contributed by atoms with Crippen molar-refractivity contribution >= 4 is 28.5 Å². The highest BCUT2D eigenvalue weighted by Crippen LogP contribution is 2.31. The number of para-hydroxylation sites is 1. The number of benzene rings is 1. The quantitative estimate of drug-likeness (QED) is 0.698. The molecule has 2 aromatic heterocycles. The molecule has 0 aliphatic carbocycles. The zero-order valence-corrected chi connectivity index (χ0v) is 13.3. The van der Waals surface area contributed by atoms with Crippen LogP contribution in [0.3, 0.4) is 0 Å². The molecule has 3 rings (SSSR count). The number of hydrogen-bond acceptors (Lipinski definition) is 4. The molecular formula is C15H9ClF4N4O. The van der Waals surface area contributed by atoms with Gasteiger partial charge in [-0.25, -0.2) is 18.7 Å². The van der Waals surface area contributed by atoms with Gasteiger partial charge in [0.15, 0.2) is 5.65 Å². The van der Waals surface area contributed by atoms with Gasteiger partial charge in [0, 0.05) is 7.05 Å². The molecule has 5 nitrogen and oxygen atoms in total. The van der Waals surface area contributed by atoms with Gasteiger partial charge in [0.05, 0.1) is 10.4 Å². The van der Waals surface area contributed by atoms with Crippen LogP contribution in [-0.2, 0) is 6.18 Å². The minimum absolute atomic E-state index is 0.0185. The first-order valence-corrected chi connectivity index (χ1v) is 7.25. The van der Waals surface area contributed by atoms with Crippen molar-refractivity contribution in [2.24, 2.45) is 0 Å². The third-order valence-electron chi connectivity index (χ3n) is 3.43. The van der Waals surface area contributed by atoms with Crippen molar-refractivity contribution in [3.05, 3.63) is 57.3 Å². The Morgan fingerprint density at radius 2 is 1.88 bits per heavy atom. The zero-order chi connectivity index (χ0) is 18.4. The van der Waals surface area contributed by atoms with E-state index in [0.717, 1.165) is 18.2 Å². The topological polar surface area (TPSA) is 59.8 Å². The Bertz CT molecular complexity index is 1010. The smallest absolute Gasteiger partial charge is 0.372 e. The van der Waals surface area contributed by atoms with Gasteiger partial charge in [-0.15, -0.1) is 0 Å². The van der Waals surface area contributed by atoms with E-state index in [1.165, 1.54) is 19.2 Å². The van der Waals surface area contributed by atoms with Crippen LogP contribution in [0.15, 0.2) is 35.1 Å². The predicted molar refractivity (Wildman–Crippen MR) is 84.7 cm³/mol. The fraction of sp³-hybridized carbons (Fsp3) is 0.133. The molecule has 1 aromatic carbocycles. The summed E-state index contributed by atoms with van der Waals surface area (Å²) in [7, 11) is 1.44. The molecular weight excluding hydrogens is 364 g/mol. The second-order valence-corrected chi connectivity index (χ2v) is 5.37. The lowest BCUT2D eigenvalue weighted by Crippen LogP contribution is -2.25. The number of nitrogens with one attached hydrogen (secondary N) is 1. The minimum atomic E-state index is -4.74. The van der Waals surface area contributed by atoms with E-state index in [2.05, 4.69) is 15.3 Å². The number of halogens is 5. The molecule has 0 bridgehead atoms. The van der Waals surface area contributed by atoms with Gasteiger partial charge in [-0.1, -0.05) is 17.7 Å². The Kier molecular flexibility index (Phi) is 4.11. The lowest BCUT2D eigenvalue weighted by Gasteiger charge is -2.15. The van der Waals surface area contributed by atoms with Crippen LogP contribution in [0.4, 0.5) is 23.4 Å². The van der Waals surface area contributed by atoms with E-state index < -0.39 is 34.7 Å². The summed E-state index contributed by atoms with van der Waals surface area (Å²) in [6.07, 6.45) is -4.74. The average Bonchev–Trinajstić information content (AvgIpc) is 2.54. The zero-order valence-electron chi connectivity index (χ0n) is 12.5. The van der Waals surface area contributed by atoms with Gasteiger partial charge < -0.3 is 5.32 Å². The molecule has 2 heterocycles. The Morgan fingerprint density at radius 1 is 1.16 bits per heavy atom. The van der Waals surface area contributed by atoms with Crippen LogP contribution in [0, 0.1) is 5.82 Å². The molecule has 0 amide bonds. The van der Waals surface area contributed by atoms with Gasteiger partial charge in [0.1, 0.15) is 23.0 Å². The fourth-order valence-corrected chi connectivity index (χ4v) is 2.60. The Morgan fingerprint density at radius 3 is 2.48 bits per heavy atom. The van der Waals surface area contributed by atoms with Crippen LogP contribution >= 0.6 is 11.6 Å². The number of pyridine rings is 1. The van der Waals surface area contributed by atoms with E-state index in [4.69, 9.17) is 11.6 Å². The lowest BCUT2D eigenvalue weighted by molar-refractivity contribution is -0.141. The average molecular weight is 373 g/mol. The summed E-state index contributed by atoms with van der Waals surface area (Å²) in [5.41, 5.74) is -3.07. The summed E-state index contributed by atoms with van der Waals surface area (Å²) < 4.78 is 53.9. The highest BCUT2D eigenvalue weighted by atomic mass is 35.5.